The normalized spacial score (nSPS) is 19.6. The first-order chi connectivity index (χ1) is 21.1. The van der Waals surface area contributed by atoms with Crippen molar-refractivity contribution in [2.45, 2.75) is 56.6 Å². The van der Waals surface area contributed by atoms with E-state index in [1.54, 1.807) is 49.6 Å². The number of pyridine rings is 1. The molecule has 5 amide bonds. The molecule has 2 bridgehead atoms. The number of fused-ring (bicyclic) bond motifs is 19. The van der Waals surface area contributed by atoms with E-state index in [1.165, 1.54) is 16.7 Å². The summed E-state index contributed by atoms with van der Waals surface area (Å²) < 4.78 is 5.60. The lowest BCUT2D eigenvalue weighted by Crippen LogP contribution is -2.50. The number of nitrogens with zero attached hydrogens (tertiary/aromatic N) is 2. The molecule has 3 heterocycles. The second-order valence-corrected chi connectivity index (χ2v) is 11.8. The number of carbonyl (C=O) groups is 5. The summed E-state index contributed by atoms with van der Waals surface area (Å²) in [4.78, 5) is 70.4. The van der Waals surface area contributed by atoms with Crippen LogP contribution in [0, 0.1) is 5.92 Å². The van der Waals surface area contributed by atoms with Crippen LogP contribution in [0.2, 0.25) is 0 Å². The molecule has 2 aromatic rings. The fourth-order valence-corrected chi connectivity index (χ4v) is 5.16. The third-order valence-corrected chi connectivity index (χ3v) is 7.64. The van der Waals surface area contributed by atoms with E-state index >= 15 is 0 Å². The molecule has 2 atom stereocenters. The van der Waals surface area contributed by atoms with Crippen LogP contribution in [0.15, 0.2) is 47.6 Å². The lowest BCUT2D eigenvalue weighted by Gasteiger charge is -2.26. The molecule has 0 radical (unpaired) electrons. The van der Waals surface area contributed by atoms with E-state index in [2.05, 4.69) is 26.3 Å². The lowest BCUT2D eigenvalue weighted by atomic mass is 10.0. The van der Waals surface area contributed by atoms with Crippen molar-refractivity contribution < 1.29 is 28.7 Å². The summed E-state index contributed by atoms with van der Waals surface area (Å²) in [6.45, 7) is 4.43. The Bertz CT molecular complexity index is 1300. The van der Waals surface area contributed by atoms with Crippen molar-refractivity contribution in [3.63, 3.8) is 0 Å². The molecule has 238 valence electrons. The van der Waals surface area contributed by atoms with Crippen LogP contribution < -0.4 is 26.0 Å². The van der Waals surface area contributed by atoms with Gasteiger partial charge >= 0.3 is 0 Å². The minimum Gasteiger partial charge on any atom is -0.484 e. The van der Waals surface area contributed by atoms with E-state index in [0.29, 0.717) is 29.2 Å². The Balaban J connectivity index is 1.78. The SMILES string of the molecule is CSc1ncccc1C(=O)N[C@H]1Cc2ccc(cc2)OCC(=O)NCCN(C)C(=O)[C@H](CC(C)C)NC(=O)CCCNC1=O. The molecule has 44 heavy (non-hydrogen) atoms. The molecule has 0 unspecified atom stereocenters. The van der Waals surface area contributed by atoms with E-state index in [-0.39, 0.29) is 62.7 Å². The number of thioether (sulfide) groups is 1. The van der Waals surface area contributed by atoms with E-state index in [1.807, 2.05) is 20.1 Å². The Hall–Kier alpha value is -4.13. The number of ether oxygens (including phenoxy) is 1. The van der Waals surface area contributed by atoms with Gasteiger partial charge in [-0.2, -0.15) is 0 Å². The second-order valence-electron chi connectivity index (χ2n) is 11.0. The van der Waals surface area contributed by atoms with Crippen LogP contribution in [-0.2, 0) is 25.6 Å². The second kappa shape index (κ2) is 17.2. The fourth-order valence-electron chi connectivity index (χ4n) is 4.61. The van der Waals surface area contributed by atoms with E-state index in [9.17, 15) is 24.0 Å². The van der Waals surface area contributed by atoms with Gasteiger partial charge in [0.2, 0.25) is 17.7 Å². The number of rotatable bonds is 5. The van der Waals surface area contributed by atoms with Crippen molar-refractivity contribution in [3.05, 3.63) is 53.7 Å². The molecule has 4 rings (SSSR count). The fraction of sp³-hybridized carbons (Fsp3) is 0.484. The Kier molecular flexibility index (Phi) is 13.5. The summed E-state index contributed by atoms with van der Waals surface area (Å²) in [6.07, 6.45) is 4.52. The largest absolute Gasteiger partial charge is 0.484 e. The van der Waals surface area contributed by atoms with Crippen molar-refractivity contribution in [2.24, 2.45) is 5.92 Å². The molecule has 2 aliphatic heterocycles. The first-order valence-electron chi connectivity index (χ1n) is 14.7. The first kappa shape index (κ1) is 34.4. The van der Waals surface area contributed by atoms with Crippen molar-refractivity contribution in [2.75, 3.05) is 39.5 Å². The van der Waals surface area contributed by atoms with Gasteiger partial charge in [-0.05, 0) is 54.8 Å². The topological polar surface area (TPSA) is 159 Å². The summed E-state index contributed by atoms with van der Waals surface area (Å²) in [7, 11) is 1.63. The average molecular weight is 627 g/mol. The highest BCUT2D eigenvalue weighted by Crippen LogP contribution is 2.18. The molecule has 1 aromatic carbocycles. The van der Waals surface area contributed by atoms with Gasteiger partial charge in [-0.25, -0.2) is 4.98 Å². The van der Waals surface area contributed by atoms with Gasteiger partial charge in [-0.1, -0.05) is 26.0 Å². The molecule has 2 aliphatic rings. The van der Waals surface area contributed by atoms with Crippen molar-refractivity contribution >= 4 is 41.3 Å². The third-order valence-electron chi connectivity index (χ3n) is 6.93. The standard InChI is InChI=1S/C31H42N6O6S/c1-20(2)17-25-31(42)37(3)16-15-32-27(39)19-43-22-11-9-21(10-12-22)18-24(29(41)33-13-6-8-26(38)35-25)36-28(40)23-7-5-14-34-30(23)44-4/h5,7,9-12,14,20,24-25H,6,8,13,15-19H2,1-4H3,(H,32,39)(H,33,41)(H,35,38)(H,36,40)/t24-,25-/m0/s1. The predicted octanol–water partition coefficient (Wildman–Crippen LogP) is 1.54. The van der Waals surface area contributed by atoms with E-state index in [4.69, 9.17) is 4.74 Å². The number of nitrogens with one attached hydrogen (secondary N) is 4. The Morgan fingerprint density at radius 2 is 1.84 bits per heavy atom. The maximum absolute atomic E-state index is 13.3. The quantitative estimate of drug-likeness (QED) is 0.287. The van der Waals surface area contributed by atoms with Crippen molar-refractivity contribution in [1.82, 2.24) is 31.2 Å². The van der Waals surface area contributed by atoms with Crippen LogP contribution in [-0.4, -0.2) is 91.0 Å². The van der Waals surface area contributed by atoms with E-state index in [0.717, 1.165) is 5.56 Å². The number of benzene rings is 1. The summed E-state index contributed by atoms with van der Waals surface area (Å²) in [5, 5.41) is 11.8. The maximum Gasteiger partial charge on any atom is 0.258 e. The van der Waals surface area contributed by atoms with E-state index < -0.39 is 23.9 Å². The molecule has 12 nitrogen and oxygen atoms in total. The summed E-state index contributed by atoms with van der Waals surface area (Å²) in [5.74, 6) is -1.09. The van der Waals surface area contributed by atoms with Gasteiger partial charge in [0.05, 0.1) is 5.56 Å². The molecule has 4 N–H and O–H groups in total. The van der Waals surface area contributed by atoms with Crippen LogP contribution in [0.3, 0.4) is 0 Å². The third kappa shape index (κ3) is 10.9. The highest BCUT2D eigenvalue weighted by Gasteiger charge is 2.26. The van der Waals surface area contributed by atoms with Crippen LogP contribution in [0.25, 0.3) is 0 Å². The zero-order valence-electron chi connectivity index (χ0n) is 25.7. The van der Waals surface area contributed by atoms with Crippen LogP contribution >= 0.6 is 11.8 Å². The molecule has 0 spiro atoms. The molecule has 1 aromatic heterocycles. The Morgan fingerprint density at radius 1 is 1.09 bits per heavy atom. The average Bonchev–Trinajstić information content (AvgIpc) is 3.00. The Morgan fingerprint density at radius 3 is 2.55 bits per heavy atom. The zero-order chi connectivity index (χ0) is 32.1. The number of hydrogen-bond acceptors (Lipinski definition) is 8. The van der Waals surface area contributed by atoms with Crippen molar-refractivity contribution in [3.8, 4) is 5.75 Å². The number of aromatic nitrogens is 1. The van der Waals surface area contributed by atoms with Crippen LogP contribution in [0.1, 0.15) is 49.0 Å². The predicted molar refractivity (Wildman–Crippen MR) is 167 cm³/mol. The van der Waals surface area contributed by atoms with Gasteiger partial charge in [-0.3, -0.25) is 24.0 Å². The van der Waals surface area contributed by atoms with Crippen LogP contribution in [0.5, 0.6) is 5.75 Å². The number of hydrogen-bond donors (Lipinski definition) is 4. The molecular formula is C31H42N6O6S. The number of amides is 5. The highest BCUT2D eigenvalue weighted by molar-refractivity contribution is 7.98. The summed E-state index contributed by atoms with van der Waals surface area (Å²) >= 11 is 1.33. The van der Waals surface area contributed by atoms with Crippen molar-refractivity contribution in [1.29, 1.82) is 0 Å². The molecule has 0 aliphatic carbocycles. The smallest absolute Gasteiger partial charge is 0.258 e. The van der Waals surface area contributed by atoms with Gasteiger partial charge in [-0.15, -0.1) is 11.8 Å². The van der Waals surface area contributed by atoms with Gasteiger partial charge < -0.3 is 30.9 Å². The molecule has 0 fully saturated rings. The minimum absolute atomic E-state index is 0.104. The summed E-state index contributed by atoms with van der Waals surface area (Å²) in [6, 6.07) is 8.61. The first-order valence-corrected chi connectivity index (χ1v) is 15.9. The number of carbonyl (C=O) groups excluding carboxylic acids is 5. The van der Waals surface area contributed by atoms with Crippen LogP contribution in [0.4, 0.5) is 0 Å². The van der Waals surface area contributed by atoms with Gasteiger partial charge in [0.1, 0.15) is 22.9 Å². The number of likely N-dealkylation sites (N-methyl/N-ethyl adjacent to an activating group) is 1. The van der Waals surface area contributed by atoms with Gasteiger partial charge in [0.15, 0.2) is 6.61 Å². The highest BCUT2D eigenvalue weighted by atomic mass is 32.2. The molecule has 0 saturated heterocycles. The van der Waals surface area contributed by atoms with Gasteiger partial charge in [0, 0.05) is 45.7 Å². The lowest BCUT2D eigenvalue weighted by molar-refractivity contribution is -0.136. The molecular weight excluding hydrogens is 584 g/mol. The Labute approximate surface area is 262 Å². The minimum atomic E-state index is -0.912. The molecule has 13 heteroatoms. The zero-order valence-corrected chi connectivity index (χ0v) is 26.5. The monoisotopic (exact) mass is 626 g/mol. The maximum atomic E-state index is 13.3. The summed E-state index contributed by atoms with van der Waals surface area (Å²) in [5.41, 5.74) is 1.13. The molecule has 0 saturated carbocycles. The van der Waals surface area contributed by atoms with Gasteiger partial charge in [0.25, 0.3) is 11.8 Å².